The summed E-state index contributed by atoms with van der Waals surface area (Å²) in [5.74, 6) is 0. The molecule has 1 aromatic rings. The lowest BCUT2D eigenvalue weighted by Gasteiger charge is -2.29. The Kier molecular flexibility index (Phi) is 2.65. The minimum absolute atomic E-state index is 0.288. The highest BCUT2D eigenvalue weighted by atomic mass is 32.2. The van der Waals surface area contributed by atoms with Gasteiger partial charge in [-0.3, -0.25) is 4.90 Å². The van der Waals surface area contributed by atoms with E-state index in [1.165, 1.54) is 15.5 Å². The molecule has 3 rings (SSSR count). The van der Waals surface area contributed by atoms with Crippen LogP contribution >= 0.6 is 11.8 Å². The normalized spacial score (nSPS) is 21.7. The van der Waals surface area contributed by atoms with Crippen LogP contribution in [0.25, 0.3) is 0 Å². The summed E-state index contributed by atoms with van der Waals surface area (Å²) in [6, 6.07) is 8.61. The largest absolute Gasteiger partial charge is 0.298 e. The number of hydrogen-bond donors (Lipinski definition) is 0. The van der Waals surface area contributed by atoms with Crippen molar-refractivity contribution >= 4 is 23.2 Å². The average molecular weight is 242 g/mol. The SMILES string of the molecule is CN(C)C1C=CC=C2Sc3ccccc3N=C21. The van der Waals surface area contributed by atoms with Crippen LogP contribution in [-0.2, 0) is 0 Å². The van der Waals surface area contributed by atoms with E-state index >= 15 is 0 Å². The van der Waals surface area contributed by atoms with Crippen LogP contribution in [0.2, 0.25) is 0 Å². The summed E-state index contributed by atoms with van der Waals surface area (Å²) in [6.07, 6.45) is 6.47. The molecule has 17 heavy (non-hydrogen) atoms. The Morgan fingerprint density at radius 2 is 2.06 bits per heavy atom. The van der Waals surface area contributed by atoms with Crippen molar-refractivity contribution in [2.24, 2.45) is 4.99 Å². The van der Waals surface area contributed by atoms with Crippen LogP contribution in [0.3, 0.4) is 0 Å². The Balaban J connectivity index is 2.10. The third kappa shape index (κ3) is 1.85. The van der Waals surface area contributed by atoms with Crippen molar-refractivity contribution in [1.29, 1.82) is 0 Å². The fourth-order valence-corrected chi connectivity index (χ4v) is 3.10. The van der Waals surface area contributed by atoms with Gasteiger partial charge in [0, 0.05) is 9.80 Å². The fourth-order valence-electron chi connectivity index (χ4n) is 2.08. The predicted octanol–water partition coefficient (Wildman–Crippen LogP) is 3.25. The fraction of sp³-hybridized carbons (Fsp3) is 0.214. The second-order valence-corrected chi connectivity index (χ2v) is 5.47. The van der Waals surface area contributed by atoms with Gasteiger partial charge in [0.1, 0.15) is 0 Å². The second-order valence-electron chi connectivity index (χ2n) is 4.39. The third-order valence-electron chi connectivity index (χ3n) is 2.96. The maximum absolute atomic E-state index is 4.80. The number of hydrogen-bond acceptors (Lipinski definition) is 3. The van der Waals surface area contributed by atoms with Crippen LogP contribution < -0.4 is 0 Å². The maximum Gasteiger partial charge on any atom is 0.0773 e. The van der Waals surface area contributed by atoms with Crippen molar-refractivity contribution in [2.75, 3.05) is 14.1 Å². The Morgan fingerprint density at radius 1 is 1.24 bits per heavy atom. The Labute approximate surface area is 106 Å². The molecule has 0 saturated carbocycles. The highest BCUT2D eigenvalue weighted by molar-refractivity contribution is 8.04. The standard InChI is InChI=1S/C14H14N2S/c1-16(2)11-7-5-9-13-14(11)15-10-6-3-4-8-12(10)17-13/h3-9,11H,1-2H3. The van der Waals surface area contributed by atoms with E-state index in [0.717, 1.165) is 5.69 Å². The zero-order valence-corrected chi connectivity index (χ0v) is 10.7. The average Bonchev–Trinajstić information content (AvgIpc) is 2.35. The summed E-state index contributed by atoms with van der Waals surface area (Å²) in [5.41, 5.74) is 2.26. The van der Waals surface area contributed by atoms with Crippen molar-refractivity contribution in [3.8, 4) is 0 Å². The first kappa shape index (κ1) is 10.8. The summed E-state index contributed by atoms with van der Waals surface area (Å²) in [4.78, 5) is 9.51. The zero-order chi connectivity index (χ0) is 11.8. The molecule has 0 fully saturated rings. The van der Waals surface area contributed by atoms with Gasteiger partial charge in [-0.2, -0.15) is 0 Å². The Morgan fingerprint density at radius 3 is 2.88 bits per heavy atom. The number of allylic oxidation sites excluding steroid dienone is 2. The van der Waals surface area contributed by atoms with Gasteiger partial charge < -0.3 is 0 Å². The number of nitrogens with zero attached hydrogens (tertiary/aromatic N) is 2. The first-order valence-electron chi connectivity index (χ1n) is 5.66. The second kappa shape index (κ2) is 4.17. The van der Waals surface area contributed by atoms with Crippen molar-refractivity contribution in [3.05, 3.63) is 47.4 Å². The van der Waals surface area contributed by atoms with Gasteiger partial charge in [-0.25, -0.2) is 4.99 Å². The molecule has 0 aromatic heterocycles. The summed E-state index contributed by atoms with van der Waals surface area (Å²) in [5, 5.41) is 0. The molecule has 1 aliphatic carbocycles. The molecular weight excluding hydrogens is 228 g/mol. The lowest BCUT2D eigenvalue weighted by atomic mass is 10.0. The van der Waals surface area contributed by atoms with Crippen LogP contribution in [0.1, 0.15) is 0 Å². The topological polar surface area (TPSA) is 15.6 Å². The summed E-state index contributed by atoms with van der Waals surface area (Å²) < 4.78 is 0. The van der Waals surface area contributed by atoms with Gasteiger partial charge in [-0.05, 0) is 32.3 Å². The number of rotatable bonds is 1. The van der Waals surface area contributed by atoms with Crippen LogP contribution in [-0.4, -0.2) is 30.7 Å². The van der Waals surface area contributed by atoms with Gasteiger partial charge in [0.15, 0.2) is 0 Å². The molecule has 0 amide bonds. The number of aliphatic imine (C=N–C) groups is 1. The molecule has 1 unspecified atom stereocenters. The highest BCUT2D eigenvalue weighted by Crippen LogP contribution is 2.41. The minimum Gasteiger partial charge on any atom is -0.298 e. The molecule has 3 heteroatoms. The van der Waals surface area contributed by atoms with E-state index in [1.54, 1.807) is 0 Å². The Bertz CT molecular complexity index is 541. The molecule has 0 radical (unpaired) electrons. The van der Waals surface area contributed by atoms with E-state index < -0.39 is 0 Å². The highest BCUT2D eigenvalue weighted by Gasteiger charge is 2.26. The van der Waals surface area contributed by atoms with Gasteiger partial charge >= 0.3 is 0 Å². The third-order valence-corrected chi connectivity index (χ3v) is 4.09. The lowest BCUT2D eigenvalue weighted by molar-refractivity contribution is 0.408. The van der Waals surface area contributed by atoms with Gasteiger partial charge in [0.2, 0.25) is 0 Å². The monoisotopic (exact) mass is 242 g/mol. The molecule has 1 aromatic carbocycles. The van der Waals surface area contributed by atoms with E-state index in [9.17, 15) is 0 Å². The number of fused-ring (bicyclic) bond motifs is 2. The number of likely N-dealkylation sites (N-methyl/N-ethyl adjacent to an activating group) is 1. The minimum atomic E-state index is 0.288. The van der Waals surface area contributed by atoms with Gasteiger partial charge in [0.25, 0.3) is 0 Å². The molecule has 0 saturated heterocycles. The summed E-state index contributed by atoms with van der Waals surface area (Å²) in [7, 11) is 4.18. The van der Waals surface area contributed by atoms with Crippen molar-refractivity contribution in [1.82, 2.24) is 4.90 Å². The van der Waals surface area contributed by atoms with Crippen molar-refractivity contribution < 1.29 is 0 Å². The molecule has 1 aliphatic heterocycles. The van der Waals surface area contributed by atoms with Gasteiger partial charge in [-0.1, -0.05) is 36.0 Å². The molecule has 0 N–H and O–H groups in total. The quantitative estimate of drug-likeness (QED) is 0.751. The zero-order valence-electron chi connectivity index (χ0n) is 9.92. The lowest BCUT2D eigenvalue weighted by Crippen LogP contribution is -2.36. The number of thioether (sulfide) groups is 1. The number of benzene rings is 1. The maximum atomic E-state index is 4.80. The molecule has 1 atom stereocenters. The van der Waals surface area contributed by atoms with Gasteiger partial charge in [0.05, 0.1) is 17.4 Å². The summed E-state index contributed by atoms with van der Waals surface area (Å²) >= 11 is 1.81. The Hall–Kier alpha value is -1.32. The predicted molar refractivity (Wildman–Crippen MR) is 74.1 cm³/mol. The van der Waals surface area contributed by atoms with Crippen molar-refractivity contribution in [2.45, 2.75) is 10.9 Å². The molecule has 1 heterocycles. The molecule has 2 nitrogen and oxygen atoms in total. The first-order valence-corrected chi connectivity index (χ1v) is 6.48. The smallest absolute Gasteiger partial charge is 0.0773 e. The molecule has 2 aliphatic rings. The van der Waals surface area contributed by atoms with E-state index in [0.29, 0.717) is 0 Å². The van der Waals surface area contributed by atoms with Crippen LogP contribution in [0, 0.1) is 0 Å². The van der Waals surface area contributed by atoms with E-state index in [2.05, 4.69) is 55.4 Å². The molecule has 0 spiro atoms. The van der Waals surface area contributed by atoms with E-state index in [1.807, 2.05) is 17.8 Å². The van der Waals surface area contributed by atoms with E-state index in [4.69, 9.17) is 4.99 Å². The number of para-hydroxylation sites is 1. The van der Waals surface area contributed by atoms with E-state index in [-0.39, 0.29) is 6.04 Å². The van der Waals surface area contributed by atoms with Crippen LogP contribution in [0.4, 0.5) is 5.69 Å². The molecule has 0 bridgehead atoms. The van der Waals surface area contributed by atoms with Crippen LogP contribution in [0.15, 0.2) is 57.3 Å². The molecular formula is C14H14N2S. The van der Waals surface area contributed by atoms with Gasteiger partial charge in [-0.15, -0.1) is 0 Å². The first-order chi connectivity index (χ1) is 8.25. The van der Waals surface area contributed by atoms with Crippen molar-refractivity contribution in [3.63, 3.8) is 0 Å². The summed E-state index contributed by atoms with van der Waals surface area (Å²) in [6.45, 7) is 0. The molecule has 86 valence electrons. The van der Waals surface area contributed by atoms with Crippen LogP contribution in [0.5, 0.6) is 0 Å².